The highest BCUT2D eigenvalue weighted by atomic mass is 32.1. The lowest BCUT2D eigenvalue weighted by atomic mass is 10.2. The number of nitrogens with zero attached hydrogens (tertiary/aromatic N) is 3. The van der Waals surface area contributed by atoms with Gasteiger partial charge in [0.2, 0.25) is 0 Å². The molecule has 6 nitrogen and oxygen atoms in total. The zero-order valence-electron chi connectivity index (χ0n) is 15.9. The van der Waals surface area contributed by atoms with Crippen molar-refractivity contribution in [3.8, 4) is 22.1 Å². The molecule has 0 bridgehead atoms. The number of hydrogen-bond donors (Lipinski definition) is 1. The first-order valence-corrected chi connectivity index (χ1v) is 11.2. The molecule has 0 saturated heterocycles. The van der Waals surface area contributed by atoms with Crippen LogP contribution in [0.1, 0.15) is 16.8 Å². The van der Waals surface area contributed by atoms with Crippen LogP contribution < -0.4 is 14.8 Å². The average Bonchev–Trinajstić information content (AvgIpc) is 3.48. The normalized spacial score (nSPS) is 12.9. The standard InChI is InChI=1S/C21H20N4O2S2/c1-14-20(17-4-6-25(24-17)12-16-5-9-28-13-16)29-21(23-14)22-11-15-2-3-18-19(10-15)27-8-7-26-18/h2-6,9-10,13H,7-8,11-12H2,1H3,(H,22,23). The van der Waals surface area contributed by atoms with E-state index in [1.165, 1.54) is 5.56 Å². The maximum Gasteiger partial charge on any atom is 0.183 e. The number of thiazole rings is 1. The number of ether oxygens (including phenoxy) is 2. The second-order valence-electron chi connectivity index (χ2n) is 6.80. The van der Waals surface area contributed by atoms with Crippen molar-refractivity contribution in [1.29, 1.82) is 0 Å². The molecular weight excluding hydrogens is 404 g/mol. The highest BCUT2D eigenvalue weighted by Crippen LogP contribution is 2.33. The molecule has 1 aromatic carbocycles. The van der Waals surface area contributed by atoms with Crippen molar-refractivity contribution < 1.29 is 9.47 Å². The molecule has 0 radical (unpaired) electrons. The molecule has 5 rings (SSSR count). The summed E-state index contributed by atoms with van der Waals surface area (Å²) in [5, 5.41) is 13.3. The van der Waals surface area contributed by atoms with Gasteiger partial charge in [0, 0.05) is 12.7 Å². The van der Waals surface area contributed by atoms with E-state index < -0.39 is 0 Å². The van der Waals surface area contributed by atoms with Crippen molar-refractivity contribution in [2.75, 3.05) is 18.5 Å². The first-order chi connectivity index (χ1) is 14.2. The van der Waals surface area contributed by atoms with E-state index in [0.29, 0.717) is 19.8 Å². The lowest BCUT2D eigenvalue weighted by Gasteiger charge is -2.18. The molecule has 0 saturated carbocycles. The minimum Gasteiger partial charge on any atom is -0.486 e. The average molecular weight is 425 g/mol. The van der Waals surface area contributed by atoms with Crippen LogP contribution in [0.25, 0.3) is 10.6 Å². The van der Waals surface area contributed by atoms with E-state index >= 15 is 0 Å². The Morgan fingerprint density at radius 2 is 2.00 bits per heavy atom. The van der Waals surface area contributed by atoms with Gasteiger partial charge in [0.25, 0.3) is 0 Å². The molecule has 1 aliphatic rings. The quantitative estimate of drug-likeness (QED) is 0.481. The molecule has 4 heterocycles. The van der Waals surface area contributed by atoms with E-state index in [9.17, 15) is 0 Å². The molecule has 0 unspecified atom stereocenters. The summed E-state index contributed by atoms with van der Waals surface area (Å²) in [5.41, 5.74) is 4.35. The fraction of sp³-hybridized carbons (Fsp3) is 0.238. The van der Waals surface area contributed by atoms with Crippen molar-refractivity contribution in [3.05, 3.63) is 64.1 Å². The van der Waals surface area contributed by atoms with Crippen LogP contribution in [0.2, 0.25) is 0 Å². The van der Waals surface area contributed by atoms with Gasteiger partial charge in [-0.05, 0) is 53.1 Å². The second-order valence-corrected chi connectivity index (χ2v) is 8.57. The van der Waals surface area contributed by atoms with Gasteiger partial charge in [-0.15, -0.1) is 0 Å². The number of hydrogen-bond acceptors (Lipinski definition) is 7. The Hall–Kier alpha value is -2.84. The Labute approximate surface area is 176 Å². The number of aryl methyl sites for hydroxylation is 1. The highest BCUT2D eigenvalue weighted by molar-refractivity contribution is 7.19. The molecule has 0 amide bonds. The van der Waals surface area contributed by atoms with Crippen LogP contribution >= 0.6 is 22.7 Å². The molecule has 148 valence electrons. The van der Waals surface area contributed by atoms with Gasteiger partial charge in [-0.2, -0.15) is 16.4 Å². The van der Waals surface area contributed by atoms with Gasteiger partial charge in [-0.3, -0.25) is 4.68 Å². The SMILES string of the molecule is Cc1nc(NCc2ccc3c(c2)OCCO3)sc1-c1ccn(Cc2ccsc2)n1. The number of fused-ring (bicyclic) bond motifs is 1. The summed E-state index contributed by atoms with van der Waals surface area (Å²) in [6.45, 7) is 4.69. The number of rotatable bonds is 6. The van der Waals surface area contributed by atoms with Crippen molar-refractivity contribution >= 4 is 27.8 Å². The van der Waals surface area contributed by atoms with Gasteiger partial charge in [0.15, 0.2) is 16.6 Å². The van der Waals surface area contributed by atoms with E-state index in [-0.39, 0.29) is 0 Å². The second kappa shape index (κ2) is 7.88. The number of nitrogens with one attached hydrogen (secondary N) is 1. The molecule has 4 aromatic rings. The van der Waals surface area contributed by atoms with Crippen LogP contribution in [-0.4, -0.2) is 28.0 Å². The summed E-state index contributed by atoms with van der Waals surface area (Å²) in [6, 6.07) is 10.2. The zero-order chi connectivity index (χ0) is 19.6. The summed E-state index contributed by atoms with van der Waals surface area (Å²) >= 11 is 3.34. The molecule has 0 spiro atoms. The van der Waals surface area contributed by atoms with E-state index in [1.807, 2.05) is 36.0 Å². The Bertz CT molecular complexity index is 1120. The molecule has 1 aliphatic heterocycles. The molecule has 0 aliphatic carbocycles. The van der Waals surface area contributed by atoms with Crippen LogP contribution in [-0.2, 0) is 13.1 Å². The minimum absolute atomic E-state index is 0.595. The zero-order valence-corrected chi connectivity index (χ0v) is 17.6. The first-order valence-electron chi connectivity index (χ1n) is 9.39. The predicted molar refractivity (Wildman–Crippen MR) is 116 cm³/mol. The Morgan fingerprint density at radius 1 is 1.10 bits per heavy atom. The van der Waals surface area contributed by atoms with Crippen molar-refractivity contribution in [3.63, 3.8) is 0 Å². The molecule has 0 fully saturated rings. The fourth-order valence-corrected chi connectivity index (χ4v) is 4.81. The van der Waals surface area contributed by atoms with Crippen molar-refractivity contribution in [2.24, 2.45) is 0 Å². The molecule has 0 atom stereocenters. The highest BCUT2D eigenvalue weighted by Gasteiger charge is 2.14. The summed E-state index contributed by atoms with van der Waals surface area (Å²) in [7, 11) is 0. The molecule has 29 heavy (non-hydrogen) atoms. The summed E-state index contributed by atoms with van der Waals surface area (Å²) in [6.07, 6.45) is 2.02. The van der Waals surface area contributed by atoms with Crippen LogP contribution in [0.3, 0.4) is 0 Å². The molecular formula is C21H20N4O2S2. The van der Waals surface area contributed by atoms with Crippen LogP contribution in [0.15, 0.2) is 47.3 Å². The largest absolute Gasteiger partial charge is 0.486 e. The number of benzene rings is 1. The third kappa shape index (κ3) is 3.99. The Balaban J connectivity index is 1.27. The number of anilines is 1. The van der Waals surface area contributed by atoms with Gasteiger partial charge < -0.3 is 14.8 Å². The van der Waals surface area contributed by atoms with Gasteiger partial charge in [0.1, 0.15) is 18.9 Å². The summed E-state index contributed by atoms with van der Waals surface area (Å²) < 4.78 is 13.2. The molecule has 3 aromatic heterocycles. The van der Waals surface area contributed by atoms with Gasteiger partial charge in [-0.25, -0.2) is 4.98 Å². The third-order valence-electron chi connectivity index (χ3n) is 4.64. The number of aromatic nitrogens is 3. The predicted octanol–water partition coefficient (Wildman–Crippen LogP) is 4.81. The molecule has 8 heteroatoms. The topological polar surface area (TPSA) is 61.2 Å². The Kier molecular flexibility index (Phi) is 4.95. The van der Waals surface area contributed by atoms with E-state index in [1.54, 1.807) is 22.7 Å². The van der Waals surface area contributed by atoms with Gasteiger partial charge in [0.05, 0.1) is 17.1 Å². The van der Waals surface area contributed by atoms with E-state index in [2.05, 4.69) is 33.2 Å². The monoisotopic (exact) mass is 424 g/mol. The third-order valence-corrected chi connectivity index (χ3v) is 6.51. The fourth-order valence-electron chi connectivity index (χ4n) is 3.23. The number of thiophene rings is 1. The van der Waals surface area contributed by atoms with Crippen LogP contribution in [0.4, 0.5) is 5.13 Å². The van der Waals surface area contributed by atoms with Crippen molar-refractivity contribution in [2.45, 2.75) is 20.0 Å². The maximum atomic E-state index is 5.66. The lowest BCUT2D eigenvalue weighted by molar-refractivity contribution is 0.171. The maximum absolute atomic E-state index is 5.66. The van der Waals surface area contributed by atoms with Crippen molar-refractivity contribution in [1.82, 2.24) is 14.8 Å². The summed E-state index contributed by atoms with van der Waals surface area (Å²) in [5.74, 6) is 1.62. The minimum atomic E-state index is 0.595. The smallest absolute Gasteiger partial charge is 0.183 e. The van der Waals surface area contributed by atoms with Crippen LogP contribution in [0.5, 0.6) is 11.5 Å². The summed E-state index contributed by atoms with van der Waals surface area (Å²) in [4.78, 5) is 5.77. The molecule has 1 N–H and O–H groups in total. The van der Waals surface area contributed by atoms with E-state index in [4.69, 9.17) is 14.6 Å². The first kappa shape index (κ1) is 18.2. The van der Waals surface area contributed by atoms with E-state index in [0.717, 1.165) is 45.0 Å². The van der Waals surface area contributed by atoms with Crippen LogP contribution in [0, 0.1) is 6.92 Å². The lowest BCUT2D eigenvalue weighted by Crippen LogP contribution is -2.15. The van der Waals surface area contributed by atoms with Gasteiger partial charge >= 0.3 is 0 Å². The Morgan fingerprint density at radius 3 is 2.86 bits per heavy atom. The van der Waals surface area contributed by atoms with Gasteiger partial charge in [-0.1, -0.05) is 17.4 Å².